The Morgan fingerprint density at radius 2 is 0.723 bits per heavy atom. The summed E-state index contributed by atoms with van der Waals surface area (Å²) < 4.78 is 17.8. The maximum atomic E-state index is 12.3. The lowest BCUT2D eigenvalue weighted by Crippen LogP contribution is -2.36. The summed E-state index contributed by atoms with van der Waals surface area (Å²) in [4.78, 5) is 73.2. The van der Waals surface area contributed by atoms with E-state index in [1.54, 1.807) is 101 Å². The molecule has 0 spiro atoms. The van der Waals surface area contributed by atoms with Gasteiger partial charge in [-0.15, -0.1) is 0 Å². The number of imidazole rings is 1. The van der Waals surface area contributed by atoms with Gasteiger partial charge in [-0.25, -0.2) is 9.88 Å². The van der Waals surface area contributed by atoms with Crippen molar-refractivity contribution < 1.29 is 28.7 Å². The van der Waals surface area contributed by atoms with Crippen LogP contribution in [0.4, 0.5) is 0 Å². The number of nitrogens with zero attached hydrogens (tertiary/aromatic N) is 15. The predicted molar refractivity (Wildman–Crippen MR) is 673 cm³/mol. The molecule has 0 bridgehead atoms. The van der Waals surface area contributed by atoms with Crippen LogP contribution in [0, 0.1) is 45.3 Å². The number of rotatable bonds is 22. The molecule has 21 nitrogen and oxygen atoms in total. The van der Waals surface area contributed by atoms with Crippen molar-refractivity contribution in [2.75, 3.05) is 65.7 Å². The number of fused-ring (bicyclic) bond motifs is 1. The average molecular weight is 2360 g/mol. The number of likely N-dealkylation sites (tertiary alicyclic amines) is 2. The van der Waals surface area contributed by atoms with E-state index in [4.69, 9.17) is 148 Å². The number of thiocarbonyl (C=S) groups is 10. The molecule has 6 aromatic carbocycles. The number of thioether (sulfide) groups is 10. The monoisotopic (exact) mass is 2360 g/mol. The van der Waals surface area contributed by atoms with Crippen LogP contribution in [0.25, 0.3) is 0 Å². The second-order valence-electron chi connectivity index (χ2n) is 32.8. The SMILES string of the molecule is CC(C)(C#N)SC(=S)n1cccc1.CCC(C)(C#N)SC(=S)n1cccc1.CCN(CC)C(=S)SCc1ccccc1.CCOC(=O)C(C)(C)SC(=S)N(CC)CC.CN(C)C(=S)SC(C)(C)C#N.N#CCSC(=S)N1CCCC1=O.O=C1CCCN1C(=S)SCc1ccccc1.O=C1c2ccccc2C(=O)N1C(=S)SCc1ccccc1.S=C(SCc1ccccc1)n1cccc1.S=C(SCc1ccccc1)n1ccnc1. The molecule has 148 heavy (non-hydrogen) atoms. The minimum Gasteiger partial charge on any atom is -0.465 e. The van der Waals surface area contributed by atoms with Crippen molar-refractivity contribution in [3.05, 3.63) is 307 Å². The number of hydrogen-bond acceptors (Lipinski definition) is 31. The zero-order valence-corrected chi connectivity index (χ0v) is 102. The third kappa shape index (κ3) is 51.0. The first-order valence-corrected chi connectivity index (χ1v) is 59.9. The second kappa shape index (κ2) is 73.1. The van der Waals surface area contributed by atoms with E-state index in [-0.39, 0.29) is 29.6 Å². The Hall–Kier alpha value is -8.32. The number of imide groups is 1. The van der Waals surface area contributed by atoms with Crippen LogP contribution in [-0.4, -0.2) is 210 Å². The minimum atomic E-state index is -0.615. The zero-order chi connectivity index (χ0) is 110. The predicted octanol–water partition coefficient (Wildman–Crippen LogP) is 27.8. The molecule has 7 heterocycles. The lowest BCUT2D eigenvalue weighted by Gasteiger charge is -2.27. The molecule has 0 N–H and O–H groups in total. The van der Waals surface area contributed by atoms with Gasteiger partial charge < -0.3 is 33.1 Å². The fourth-order valence-electron chi connectivity index (χ4n) is 11.6. The Morgan fingerprint density at radius 3 is 1.05 bits per heavy atom. The lowest BCUT2D eigenvalue weighted by atomic mass is 10.1. The topological polar surface area (TPSA) is 242 Å². The van der Waals surface area contributed by atoms with E-state index in [2.05, 4.69) is 120 Å². The van der Waals surface area contributed by atoms with E-state index in [9.17, 15) is 24.0 Å². The molecule has 1 atom stereocenters. The van der Waals surface area contributed by atoms with E-state index in [1.165, 1.54) is 92.8 Å². The Morgan fingerprint density at radius 1 is 0.385 bits per heavy atom. The van der Waals surface area contributed by atoms with Crippen LogP contribution >= 0.6 is 240 Å². The van der Waals surface area contributed by atoms with E-state index >= 15 is 0 Å². The summed E-state index contributed by atoms with van der Waals surface area (Å²) in [5.74, 6) is 3.97. The number of ether oxygens (including phenoxy) is 1. The molecule has 41 heteroatoms. The fourth-order valence-corrected chi connectivity index (χ4v) is 24.3. The van der Waals surface area contributed by atoms with Gasteiger partial charge in [-0.1, -0.05) is 411 Å². The maximum absolute atomic E-state index is 12.3. The molecule has 2 saturated heterocycles. The smallest absolute Gasteiger partial charge is 0.322 e. The molecular weight excluding hydrogens is 2230 g/mol. The van der Waals surface area contributed by atoms with Crippen LogP contribution in [0.1, 0.15) is 171 Å². The highest BCUT2D eigenvalue weighted by molar-refractivity contribution is 8.26. The minimum absolute atomic E-state index is 0.0884. The van der Waals surface area contributed by atoms with Gasteiger partial charge in [0.15, 0.2) is 4.32 Å². The number of nitriles is 4. The van der Waals surface area contributed by atoms with Gasteiger partial charge in [0, 0.05) is 145 Å². The lowest BCUT2D eigenvalue weighted by molar-refractivity contribution is -0.145. The van der Waals surface area contributed by atoms with Gasteiger partial charge in [0.25, 0.3) is 11.8 Å². The van der Waals surface area contributed by atoms with Gasteiger partial charge in [-0.3, -0.25) is 38.3 Å². The van der Waals surface area contributed by atoms with Crippen molar-refractivity contribution in [1.82, 2.24) is 52.7 Å². The third-order valence-corrected chi connectivity index (χ3v) is 35.3. The summed E-state index contributed by atoms with van der Waals surface area (Å²) in [6, 6.07) is 78.1. The largest absolute Gasteiger partial charge is 0.465 e. The first kappa shape index (κ1) is 132. The summed E-state index contributed by atoms with van der Waals surface area (Å²) in [5, 5.41) is 34.8. The van der Waals surface area contributed by atoms with Crippen LogP contribution in [0.5, 0.6) is 0 Å². The number of carbonyl (C=O) groups excluding carboxylic acids is 5. The molecule has 4 amide bonds. The molecule has 13 rings (SSSR count). The highest BCUT2D eigenvalue weighted by Gasteiger charge is 2.38. The third-order valence-electron chi connectivity index (χ3n) is 20.0. The quantitative estimate of drug-likeness (QED) is 0.0348. The van der Waals surface area contributed by atoms with Crippen LogP contribution in [0.2, 0.25) is 0 Å². The van der Waals surface area contributed by atoms with E-state index in [0.717, 1.165) is 118 Å². The summed E-state index contributed by atoms with van der Waals surface area (Å²) in [5.41, 5.74) is 7.09. The van der Waals surface area contributed by atoms with Gasteiger partial charge in [0.05, 0.1) is 47.8 Å². The van der Waals surface area contributed by atoms with E-state index in [1.807, 2.05) is 271 Å². The van der Waals surface area contributed by atoms with Gasteiger partial charge in [-0.2, -0.15) is 21.0 Å². The van der Waals surface area contributed by atoms with Crippen molar-refractivity contribution in [2.45, 2.75) is 170 Å². The number of hydrogen-bond donors (Lipinski definition) is 0. The molecule has 0 aliphatic carbocycles. The van der Waals surface area contributed by atoms with Gasteiger partial charge in [0.1, 0.15) is 64.2 Å². The van der Waals surface area contributed by atoms with Crippen LogP contribution < -0.4 is 0 Å². The number of carbonyl (C=O) groups is 5. The Bertz CT molecular complexity index is 5900. The van der Waals surface area contributed by atoms with Gasteiger partial charge >= 0.3 is 5.97 Å². The average Bonchev–Trinajstić information content (AvgIpc) is 1.62. The molecular formula is C107H125N15O6S20. The summed E-state index contributed by atoms with van der Waals surface area (Å²) in [6.45, 7) is 30.8. The van der Waals surface area contributed by atoms with Crippen LogP contribution in [0.3, 0.4) is 0 Å². The second-order valence-corrected chi connectivity index (χ2v) is 51.4. The number of benzene rings is 6. The van der Waals surface area contributed by atoms with Crippen molar-refractivity contribution in [3.63, 3.8) is 0 Å². The Labute approximate surface area is 971 Å². The number of esters is 1. The van der Waals surface area contributed by atoms with Crippen LogP contribution in [0.15, 0.2) is 268 Å². The molecule has 3 aliphatic rings. The maximum Gasteiger partial charge on any atom is 0.322 e. The molecule has 1 unspecified atom stereocenters. The van der Waals surface area contributed by atoms with Crippen molar-refractivity contribution >= 4 is 313 Å². The van der Waals surface area contributed by atoms with Crippen molar-refractivity contribution in [1.29, 1.82) is 21.0 Å². The first-order chi connectivity index (χ1) is 70.6. The van der Waals surface area contributed by atoms with Crippen molar-refractivity contribution in [3.8, 4) is 24.3 Å². The normalized spacial score (nSPS) is 12.2. The molecule has 3 aliphatic heterocycles. The highest BCUT2D eigenvalue weighted by Crippen LogP contribution is 2.34. The number of aromatic nitrogens is 5. The van der Waals surface area contributed by atoms with E-state index in [0.29, 0.717) is 59.4 Å². The molecule has 10 aromatic rings. The first-order valence-electron chi connectivity index (χ1n) is 46.7. The Kier molecular flexibility index (Phi) is 65.1. The molecule has 0 radical (unpaired) electrons. The fraction of sp³-hybridized carbons (Fsp3) is 0.346. The van der Waals surface area contributed by atoms with Gasteiger partial charge in [-0.05, 0) is 179 Å². The van der Waals surface area contributed by atoms with E-state index < -0.39 is 19.0 Å². The molecule has 784 valence electrons. The number of amides is 4. The van der Waals surface area contributed by atoms with Crippen molar-refractivity contribution in [2.24, 2.45) is 0 Å². The highest BCUT2D eigenvalue weighted by atomic mass is 32.2. The van der Waals surface area contributed by atoms with Crippen LogP contribution in [-0.2, 0) is 47.9 Å². The molecule has 4 aromatic heterocycles. The molecule has 0 saturated carbocycles. The van der Waals surface area contributed by atoms with Gasteiger partial charge in [0.2, 0.25) is 11.8 Å². The summed E-state index contributed by atoms with van der Waals surface area (Å²) >= 11 is 67.0. The standard InChI is InChI=1S/C16H11NO2S2.C12H13NOS2.C12H11NS2.C12H17NS2.C11H10N2S2.C11H21NO2S2.C10H12N2S2.C9H10N2S2.C7H8N2OS2.C7H12N2S2/c18-14-12-8-4-5-9-13(12)15(19)17(14)16(20)21-10-11-6-2-1-3-7-11;14-11-7-4-8-13(11)12(15)16-9-10-5-2-1-3-6-10;14-12(13-8-4-5-9-13)15-10-11-6-2-1-3-7-11;1-3-13(4-2)12(14)15-10-11-8-6-5-7-9-11;14-11(13-7-6-12-9-13)15-8-10-4-2-1-3-5-10;1-6-12(7-2)10(15)16-11(4,5)9(13)14-8-3;1-3-10(2,8-11)14-9(13)12-6-4-5-7-12;1-9(2,7-10)13-8(12)11-5-3-4-6-11;8-3-5-12-7(11)9-4-1-2-6(9)10;1-7(2,5-8)11-6(10)9(3)4/h1-9H,10H2;1-3,5-6H,4,7-9H2;1-9H,10H2;5-9H,3-4,10H2,1-2H3;1-7,9H,8H2;6-8H2,1-5H3;4-7H,3H2,1-2H3;3-6H,1-2H3;1-2,4-5H2;1-4H3. The summed E-state index contributed by atoms with van der Waals surface area (Å²) in [7, 11) is 3.76. The zero-order valence-electron chi connectivity index (χ0n) is 85.5. The molecule has 2 fully saturated rings. The Balaban J connectivity index is 0.000000344. The summed E-state index contributed by atoms with van der Waals surface area (Å²) in [6.07, 6.45) is 20.6.